The summed E-state index contributed by atoms with van der Waals surface area (Å²) in [7, 11) is 0. The van der Waals surface area contributed by atoms with Crippen molar-refractivity contribution >= 4 is 34.4 Å². The minimum absolute atomic E-state index is 0.225. The number of carbonyl (C=O) groups is 1. The largest absolute Gasteiger partial charge is 0.453 e. The zero-order chi connectivity index (χ0) is 15.5. The first-order valence-electron chi connectivity index (χ1n) is 6.57. The van der Waals surface area contributed by atoms with Crippen molar-refractivity contribution in [3.63, 3.8) is 0 Å². The van der Waals surface area contributed by atoms with Gasteiger partial charge in [-0.1, -0.05) is 29.8 Å². The summed E-state index contributed by atoms with van der Waals surface area (Å²) >= 11 is 5.91. The molecule has 0 fully saturated rings. The first-order valence-corrected chi connectivity index (χ1v) is 6.95. The summed E-state index contributed by atoms with van der Waals surface area (Å²) in [4.78, 5) is 12.1. The third-order valence-electron chi connectivity index (χ3n) is 3.19. The number of benzene rings is 2. The Morgan fingerprint density at radius 1 is 1.14 bits per heavy atom. The number of carbonyl (C=O) groups excluding carboxylic acids is 1. The second-order valence-electron chi connectivity index (χ2n) is 4.72. The molecule has 3 nitrogen and oxygen atoms in total. The number of ketones is 1. The van der Waals surface area contributed by atoms with Crippen LogP contribution in [0.4, 0.5) is 0 Å². The second-order valence-corrected chi connectivity index (χ2v) is 5.16. The highest BCUT2D eigenvalue weighted by Crippen LogP contribution is 2.23. The highest BCUT2D eigenvalue weighted by atomic mass is 35.5. The third-order valence-corrected chi connectivity index (χ3v) is 3.42. The van der Waals surface area contributed by atoms with Crippen LogP contribution in [0.3, 0.4) is 0 Å². The van der Waals surface area contributed by atoms with Crippen LogP contribution in [0.1, 0.15) is 21.7 Å². The predicted octanol–water partition coefficient (Wildman–Crippen LogP) is 4.85. The van der Waals surface area contributed by atoms with Crippen molar-refractivity contribution in [1.29, 1.82) is 5.26 Å². The number of nitrogens with zero attached hydrogens (tertiary/aromatic N) is 1. The molecule has 0 aliphatic rings. The van der Waals surface area contributed by atoms with E-state index in [4.69, 9.17) is 21.3 Å². The molecule has 0 aliphatic carbocycles. The van der Waals surface area contributed by atoms with E-state index in [0.717, 1.165) is 10.9 Å². The van der Waals surface area contributed by atoms with Gasteiger partial charge in [0.15, 0.2) is 5.76 Å². The van der Waals surface area contributed by atoms with Gasteiger partial charge in [0.1, 0.15) is 5.58 Å². The third kappa shape index (κ3) is 2.93. The van der Waals surface area contributed by atoms with Crippen molar-refractivity contribution in [3.8, 4) is 6.07 Å². The predicted molar refractivity (Wildman–Crippen MR) is 85.7 cm³/mol. The van der Waals surface area contributed by atoms with Crippen molar-refractivity contribution in [2.24, 2.45) is 0 Å². The highest BCUT2D eigenvalue weighted by Gasteiger charge is 2.09. The van der Waals surface area contributed by atoms with E-state index >= 15 is 0 Å². The summed E-state index contributed by atoms with van der Waals surface area (Å²) in [5.41, 5.74) is 2.05. The topological polar surface area (TPSA) is 54.0 Å². The Morgan fingerprint density at radius 3 is 2.64 bits per heavy atom. The molecule has 4 heteroatoms. The van der Waals surface area contributed by atoms with Gasteiger partial charge in [-0.05, 0) is 48.0 Å². The number of rotatable bonds is 3. The Labute approximate surface area is 132 Å². The Hall–Kier alpha value is -2.83. The highest BCUT2D eigenvalue weighted by molar-refractivity contribution is 6.31. The molecule has 0 N–H and O–H groups in total. The molecule has 22 heavy (non-hydrogen) atoms. The first-order chi connectivity index (χ1) is 10.7. The van der Waals surface area contributed by atoms with E-state index in [9.17, 15) is 4.79 Å². The van der Waals surface area contributed by atoms with Gasteiger partial charge in [-0.3, -0.25) is 4.79 Å². The molecule has 0 amide bonds. The minimum atomic E-state index is -0.225. The molecule has 0 saturated heterocycles. The summed E-state index contributed by atoms with van der Waals surface area (Å²) in [6.07, 6.45) is 3.13. The number of fused-ring (bicyclic) bond motifs is 1. The van der Waals surface area contributed by atoms with E-state index in [1.54, 1.807) is 54.6 Å². The van der Waals surface area contributed by atoms with Gasteiger partial charge < -0.3 is 4.42 Å². The Kier molecular flexibility index (Phi) is 3.78. The summed E-state index contributed by atoms with van der Waals surface area (Å²) < 4.78 is 5.51. The summed E-state index contributed by atoms with van der Waals surface area (Å²) in [6.45, 7) is 0. The fourth-order valence-electron chi connectivity index (χ4n) is 2.06. The quantitative estimate of drug-likeness (QED) is 0.513. The molecule has 0 bridgehead atoms. The molecule has 0 spiro atoms. The smallest absolute Gasteiger partial charge is 0.221 e. The Balaban J connectivity index is 1.82. The lowest BCUT2D eigenvalue weighted by Gasteiger charge is -1.93. The molecular weight excluding hydrogens is 298 g/mol. The minimum Gasteiger partial charge on any atom is -0.453 e. The van der Waals surface area contributed by atoms with E-state index in [2.05, 4.69) is 0 Å². The average Bonchev–Trinajstić information content (AvgIpc) is 2.96. The van der Waals surface area contributed by atoms with Crippen LogP contribution < -0.4 is 0 Å². The maximum atomic E-state index is 12.1. The van der Waals surface area contributed by atoms with E-state index < -0.39 is 0 Å². The maximum absolute atomic E-state index is 12.1. The van der Waals surface area contributed by atoms with Gasteiger partial charge in [-0.15, -0.1) is 0 Å². The van der Waals surface area contributed by atoms with Crippen LogP contribution in [0.25, 0.3) is 17.0 Å². The molecule has 106 valence electrons. The lowest BCUT2D eigenvalue weighted by molar-refractivity contribution is 0.102. The standard InChI is InChI=1S/C18H10ClNO2/c19-15-6-8-17-14(9-15)10-18(22-17)16(21)7-5-12-1-3-13(11-20)4-2-12/h1-10H. The zero-order valence-electron chi connectivity index (χ0n) is 11.4. The Morgan fingerprint density at radius 2 is 1.91 bits per heavy atom. The lowest BCUT2D eigenvalue weighted by Crippen LogP contribution is -1.90. The van der Waals surface area contributed by atoms with Gasteiger partial charge in [0, 0.05) is 10.4 Å². The molecule has 0 atom stereocenters. The molecule has 0 radical (unpaired) electrons. The van der Waals surface area contributed by atoms with E-state index in [1.807, 2.05) is 6.07 Å². The molecule has 2 aromatic carbocycles. The number of nitriles is 1. The summed E-state index contributed by atoms with van der Waals surface area (Å²) in [5, 5.41) is 10.1. The molecular formula is C18H10ClNO2. The molecule has 1 aromatic heterocycles. The average molecular weight is 308 g/mol. The number of allylic oxidation sites excluding steroid dienone is 1. The van der Waals surface area contributed by atoms with Crippen molar-refractivity contribution in [2.45, 2.75) is 0 Å². The van der Waals surface area contributed by atoms with Crippen molar-refractivity contribution in [2.75, 3.05) is 0 Å². The Bertz CT molecular complexity index is 914. The fraction of sp³-hybridized carbons (Fsp3) is 0. The van der Waals surface area contributed by atoms with Gasteiger partial charge in [-0.2, -0.15) is 5.26 Å². The van der Waals surface area contributed by atoms with Gasteiger partial charge in [0.05, 0.1) is 11.6 Å². The number of furan rings is 1. The van der Waals surface area contributed by atoms with Crippen LogP contribution in [0.2, 0.25) is 5.02 Å². The molecule has 0 aliphatic heterocycles. The van der Waals surface area contributed by atoms with Crippen LogP contribution >= 0.6 is 11.6 Å². The van der Waals surface area contributed by atoms with E-state index in [-0.39, 0.29) is 11.5 Å². The van der Waals surface area contributed by atoms with E-state index in [0.29, 0.717) is 16.2 Å². The molecule has 1 heterocycles. The monoisotopic (exact) mass is 307 g/mol. The van der Waals surface area contributed by atoms with Gasteiger partial charge in [0.2, 0.25) is 5.78 Å². The molecule has 3 rings (SSSR count). The van der Waals surface area contributed by atoms with Crippen molar-refractivity contribution in [3.05, 3.63) is 76.5 Å². The number of halogens is 1. The molecule has 3 aromatic rings. The van der Waals surface area contributed by atoms with Gasteiger partial charge >= 0.3 is 0 Å². The van der Waals surface area contributed by atoms with Crippen molar-refractivity contribution in [1.82, 2.24) is 0 Å². The van der Waals surface area contributed by atoms with Crippen molar-refractivity contribution < 1.29 is 9.21 Å². The number of hydrogen-bond donors (Lipinski definition) is 0. The zero-order valence-corrected chi connectivity index (χ0v) is 12.2. The van der Waals surface area contributed by atoms with Gasteiger partial charge in [0.25, 0.3) is 0 Å². The van der Waals surface area contributed by atoms with Crippen LogP contribution in [0, 0.1) is 11.3 Å². The summed E-state index contributed by atoms with van der Waals surface area (Å²) in [5.74, 6) is 0.0406. The summed E-state index contributed by atoms with van der Waals surface area (Å²) in [6, 6.07) is 15.9. The SMILES string of the molecule is N#Cc1ccc(C=CC(=O)c2cc3cc(Cl)ccc3o2)cc1. The van der Waals surface area contributed by atoms with E-state index in [1.165, 1.54) is 6.08 Å². The molecule has 0 unspecified atom stereocenters. The maximum Gasteiger partial charge on any atom is 0.221 e. The van der Waals surface area contributed by atoms with Crippen LogP contribution in [-0.4, -0.2) is 5.78 Å². The van der Waals surface area contributed by atoms with Crippen LogP contribution in [0.5, 0.6) is 0 Å². The van der Waals surface area contributed by atoms with Crippen LogP contribution in [-0.2, 0) is 0 Å². The van der Waals surface area contributed by atoms with Crippen LogP contribution in [0.15, 0.2) is 59.0 Å². The van der Waals surface area contributed by atoms with Gasteiger partial charge in [-0.25, -0.2) is 0 Å². The number of hydrogen-bond acceptors (Lipinski definition) is 3. The fourth-order valence-corrected chi connectivity index (χ4v) is 2.24. The molecule has 0 saturated carbocycles. The normalized spacial score (nSPS) is 10.9. The lowest BCUT2D eigenvalue weighted by atomic mass is 10.1. The second kappa shape index (κ2) is 5.88. The first kappa shape index (κ1) is 14.1.